The third kappa shape index (κ3) is 3.46. The average Bonchev–Trinajstić information content (AvgIpc) is 3.12. The van der Waals surface area contributed by atoms with Gasteiger partial charge in [0.1, 0.15) is 0 Å². The maximum absolute atomic E-state index is 12.2. The van der Waals surface area contributed by atoms with Crippen molar-refractivity contribution in [1.29, 1.82) is 0 Å². The molecule has 2 fully saturated rings. The number of rotatable bonds is 5. The van der Waals surface area contributed by atoms with Gasteiger partial charge in [-0.3, -0.25) is 4.79 Å². The first kappa shape index (κ1) is 14.6. The molecule has 1 aromatic carbocycles. The Bertz CT molecular complexity index is 488. The minimum atomic E-state index is 0.178. The molecule has 1 N–H and O–H groups in total. The summed E-state index contributed by atoms with van der Waals surface area (Å²) in [5.41, 5.74) is 2.67. The number of ether oxygens (including phenoxy) is 1. The number of benzene rings is 1. The normalized spacial score (nSPS) is 27.9. The average molecular weight is 287 g/mol. The third-order valence-electron chi connectivity index (χ3n) is 4.75. The van der Waals surface area contributed by atoms with Crippen molar-refractivity contribution in [2.45, 2.75) is 38.5 Å². The molecule has 0 spiro atoms. The molecule has 1 saturated carbocycles. The molecule has 3 rings (SSSR count). The fraction of sp³-hybridized carbons (Fsp3) is 0.611. The van der Waals surface area contributed by atoms with Gasteiger partial charge in [0, 0.05) is 25.0 Å². The third-order valence-corrected chi connectivity index (χ3v) is 4.75. The van der Waals surface area contributed by atoms with Crippen LogP contribution >= 0.6 is 0 Å². The number of nitrogens with one attached hydrogen (secondary N) is 1. The molecule has 3 unspecified atom stereocenters. The van der Waals surface area contributed by atoms with Crippen LogP contribution in [0.4, 0.5) is 0 Å². The maximum atomic E-state index is 12.2. The molecule has 1 amide bonds. The summed E-state index contributed by atoms with van der Waals surface area (Å²) >= 11 is 0. The Morgan fingerprint density at radius 1 is 1.33 bits per heavy atom. The first-order valence-electron chi connectivity index (χ1n) is 8.10. The van der Waals surface area contributed by atoms with Gasteiger partial charge in [-0.2, -0.15) is 0 Å². The zero-order valence-electron chi connectivity index (χ0n) is 13.0. The molecule has 3 atom stereocenters. The highest BCUT2D eigenvalue weighted by Gasteiger charge is 2.43. The molecule has 1 heterocycles. The van der Waals surface area contributed by atoms with Crippen LogP contribution in [-0.2, 0) is 9.53 Å². The first-order chi connectivity index (χ1) is 10.1. The predicted molar refractivity (Wildman–Crippen MR) is 83.3 cm³/mol. The van der Waals surface area contributed by atoms with E-state index in [0.717, 1.165) is 32.6 Å². The molecule has 1 aromatic rings. The van der Waals surface area contributed by atoms with Crippen molar-refractivity contribution in [3.05, 3.63) is 35.4 Å². The molecule has 1 saturated heterocycles. The van der Waals surface area contributed by atoms with Crippen molar-refractivity contribution in [2.24, 2.45) is 11.8 Å². The molecular weight excluding hydrogens is 262 g/mol. The van der Waals surface area contributed by atoms with E-state index < -0.39 is 0 Å². The molecule has 0 radical (unpaired) electrons. The fourth-order valence-electron chi connectivity index (χ4n) is 3.10. The second-order valence-electron chi connectivity index (χ2n) is 6.74. The van der Waals surface area contributed by atoms with Crippen LogP contribution in [0.2, 0.25) is 0 Å². The highest BCUT2D eigenvalue weighted by Crippen LogP contribution is 2.47. The highest BCUT2D eigenvalue weighted by atomic mass is 16.5. The second-order valence-corrected chi connectivity index (χ2v) is 6.74. The van der Waals surface area contributed by atoms with Gasteiger partial charge in [-0.15, -0.1) is 0 Å². The molecule has 21 heavy (non-hydrogen) atoms. The number of hydrogen-bond acceptors (Lipinski definition) is 2. The van der Waals surface area contributed by atoms with Gasteiger partial charge in [-0.1, -0.05) is 38.1 Å². The van der Waals surface area contributed by atoms with Gasteiger partial charge >= 0.3 is 0 Å². The Hall–Kier alpha value is -1.35. The van der Waals surface area contributed by atoms with E-state index in [2.05, 4.69) is 43.4 Å². The van der Waals surface area contributed by atoms with Gasteiger partial charge in [0.15, 0.2) is 0 Å². The first-order valence-corrected chi connectivity index (χ1v) is 8.10. The van der Waals surface area contributed by atoms with Gasteiger partial charge in [-0.05, 0) is 35.8 Å². The van der Waals surface area contributed by atoms with Crippen LogP contribution in [0.5, 0.6) is 0 Å². The van der Waals surface area contributed by atoms with E-state index in [9.17, 15) is 4.79 Å². The summed E-state index contributed by atoms with van der Waals surface area (Å²) in [6, 6.07) is 8.78. The van der Waals surface area contributed by atoms with E-state index in [-0.39, 0.29) is 11.8 Å². The summed E-state index contributed by atoms with van der Waals surface area (Å²) in [7, 11) is 0. The van der Waals surface area contributed by atoms with Crippen LogP contribution in [0, 0.1) is 11.8 Å². The van der Waals surface area contributed by atoms with Crippen molar-refractivity contribution in [3.8, 4) is 0 Å². The monoisotopic (exact) mass is 287 g/mol. The zero-order chi connectivity index (χ0) is 14.8. The molecule has 114 valence electrons. The van der Waals surface area contributed by atoms with E-state index in [0.29, 0.717) is 17.8 Å². The Labute approximate surface area is 127 Å². The molecule has 1 aliphatic heterocycles. The summed E-state index contributed by atoms with van der Waals surface area (Å²) < 4.78 is 5.34. The van der Waals surface area contributed by atoms with Crippen LogP contribution in [0.1, 0.15) is 49.7 Å². The van der Waals surface area contributed by atoms with Gasteiger partial charge in [0.2, 0.25) is 5.91 Å². The van der Waals surface area contributed by atoms with Crippen molar-refractivity contribution in [2.75, 3.05) is 19.8 Å². The molecule has 0 aromatic heterocycles. The summed E-state index contributed by atoms with van der Waals surface area (Å²) in [5.74, 6) is 1.89. The zero-order valence-corrected chi connectivity index (χ0v) is 13.0. The van der Waals surface area contributed by atoms with Gasteiger partial charge in [-0.25, -0.2) is 0 Å². The predicted octanol–water partition coefficient (Wildman–Crippen LogP) is 3.07. The fourth-order valence-corrected chi connectivity index (χ4v) is 3.10. The van der Waals surface area contributed by atoms with Crippen molar-refractivity contribution >= 4 is 5.91 Å². The summed E-state index contributed by atoms with van der Waals surface area (Å²) in [6.07, 6.45) is 2.07. The van der Waals surface area contributed by atoms with Crippen LogP contribution in [0.25, 0.3) is 0 Å². The number of hydrogen-bond donors (Lipinski definition) is 1. The van der Waals surface area contributed by atoms with Crippen LogP contribution in [0.3, 0.4) is 0 Å². The van der Waals surface area contributed by atoms with Crippen LogP contribution < -0.4 is 5.32 Å². The molecule has 2 aliphatic rings. The van der Waals surface area contributed by atoms with E-state index in [1.165, 1.54) is 11.1 Å². The molecule has 0 bridgehead atoms. The van der Waals surface area contributed by atoms with E-state index in [1.807, 2.05) is 0 Å². The summed E-state index contributed by atoms with van der Waals surface area (Å²) in [4.78, 5) is 12.2. The number of carbonyl (C=O) groups excluding carboxylic acids is 1. The topological polar surface area (TPSA) is 38.3 Å². The van der Waals surface area contributed by atoms with E-state index in [4.69, 9.17) is 4.74 Å². The van der Waals surface area contributed by atoms with Gasteiger partial charge < -0.3 is 10.1 Å². The van der Waals surface area contributed by atoms with Crippen molar-refractivity contribution < 1.29 is 9.53 Å². The lowest BCUT2D eigenvalue weighted by molar-refractivity contribution is -0.122. The van der Waals surface area contributed by atoms with Gasteiger partial charge in [0.05, 0.1) is 6.61 Å². The maximum Gasteiger partial charge on any atom is 0.223 e. The van der Waals surface area contributed by atoms with Crippen molar-refractivity contribution in [1.82, 2.24) is 5.32 Å². The minimum absolute atomic E-state index is 0.178. The molecule has 1 aliphatic carbocycles. The quantitative estimate of drug-likeness (QED) is 0.904. The Morgan fingerprint density at radius 3 is 2.71 bits per heavy atom. The minimum Gasteiger partial charge on any atom is -0.381 e. The molecular formula is C18H25NO2. The van der Waals surface area contributed by atoms with Crippen LogP contribution in [-0.4, -0.2) is 25.7 Å². The highest BCUT2D eigenvalue weighted by molar-refractivity contribution is 5.82. The van der Waals surface area contributed by atoms with Crippen molar-refractivity contribution in [3.63, 3.8) is 0 Å². The summed E-state index contributed by atoms with van der Waals surface area (Å²) in [6.45, 7) is 6.82. The Morgan fingerprint density at radius 2 is 2.10 bits per heavy atom. The van der Waals surface area contributed by atoms with Crippen LogP contribution in [0.15, 0.2) is 24.3 Å². The molecule has 3 heteroatoms. The Kier molecular flexibility index (Phi) is 4.29. The SMILES string of the molecule is CC(C)c1ccc(C2CC2C(=O)NCC2CCOC2)cc1. The summed E-state index contributed by atoms with van der Waals surface area (Å²) in [5, 5.41) is 3.10. The second kappa shape index (κ2) is 6.18. The standard InChI is InChI=1S/C18H25NO2/c1-12(2)14-3-5-15(6-4-14)16-9-17(16)18(20)19-10-13-7-8-21-11-13/h3-6,12-13,16-17H,7-11H2,1-2H3,(H,19,20). The lowest BCUT2D eigenvalue weighted by Crippen LogP contribution is -2.31. The van der Waals surface area contributed by atoms with E-state index in [1.54, 1.807) is 0 Å². The number of amides is 1. The lowest BCUT2D eigenvalue weighted by Gasteiger charge is -2.10. The van der Waals surface area contributed by atoms with Gasteiger partial charge in [0.25, 0.3) is 0 Å². The largest absolute Gasteiger partial charge is 0.381 e. The lowest BCUT2D eigenvalue weighted by atomic mass is 10.00. The number of carbonyl (C=O) groups is 1. The Balaban J connectivity index is 1.49. The van der Waals surface area contributed by atoms with E-state index >= 15 is 0 Å². The molecule has 3 nitrogen and oxygen atoms in total. The smallest absolute Gasteiger partial charge is 0.223 e.